The van der Waals surface area contributed by atoms with E-state index >= 15 is 0 Å². The molecule has 34 heavy (non-hydrogen) atoms. The fourth-order valence-corrected chi connectivity index (χ4v) is 3.97. The molecule has 1 amide bonds. The molecule has 0 saturated heterocycles. The highest BCUT2D eigenvalue weighted by atomic mass is 16.1. The Morgan fingerprint density at radius 3 is 2.47 bits per heavy atom. The zero-order valence-electron chi connectivity index (χ0n) is 19.4. The predicted molar refractivity (Wildman–Crippen MR) is 133 cm³/mol. The first-order chi connectivity index (χ1) is 16.5. The number of hydrogen-bond acceptors (Lipinski definition) is 4. The third-order valence-electron chi connectivity index (χ3n) is 5.96. The van der Waals surface area contributed by atoms with E-state index in [0.29, 0.717) is 18.0 Å². The van der Waals surface area contributed by atoms with Crippen molar-refractivity contribution in [2.24, 2.45) is 7.05 Å². The molecule has 2 N–H and O–H groups in total. The highest BCUT2D eigenvalue weighted by Gasteiger charge is 2.12. The molecular weight excluding hydrogens is 424 g/mol. The number of H-pyrrole nitrogens is 1. The quantitative estimate of drug-likeness (QED) is 0.378. The van der Waals surface area contributed by atoms with Crippen LogP contribution in [-0.2, 0) is 13.6 Å². The minimum atomic E-state index is -0.0767. The van der Waals surface area contributed by atoms with Gasteiger partial charge in [-0.25, -0.2) is 9.97 Å². The Bertz CT molecular complexity index is 1450. The number of benzene rings is 2. The Labute approximate surface area is 197 Å². The average molecular weight is 451 g/mol. The molecule has 0 aliphatic rings. The van der Waals surface area contributed by atoms with E-state index < -0.39 is 0 Å². The summed E-state index contributed by atoms with van der Waals surface area (Å²) in [4.78, 5) is 24.8. The van der Waals surface area contributed by atoms with Gasteiger partial charge in [0.1, 0.15) is 12.0 Å². The highest BCUT2D eigenvalue weighted by molar-refractivity contribution is 5.95. The lowest BCUT2D eigenvalue weighted by Crippen LogP contribution is -2.22. The molecule has 2 aromatic carbocycles. The highest BCUT2D eigenvalue weighted by Crippen LogP contribution is 2.29. The van der Waals surface area contributed by atoms with Crippen molar-refractivity contribution in [3.8, 4) is 22.5 Å². The molecule has 0 saturated carbocycles. The number of amides is 1. The Morgan fingerprint density at radius 2 is 1.79 bits per heavy atom. The maximum absolute atomic E-state index is 12.5. The number of rotatable bonds is 6. The van der Waals surface area contributed by atoms with Crippen LogP contribution in [0, 0.1) is 0 Å². The maximum Gasteiger partial charge on any atom is 0.251 e. The van der Waals surface area contributed by atoms with Gasteiger partial charge in [-0.2, -0.15) is 5.10 Å². The van der Waals surface area contributed by atoms with E-state index in [-0.39, 0.29) is 5.91 Å². The van der Waals surface area contributed by atoms with Gasteiger partial charge in [0, 0.05) is 41.9 Å². The third-order valence-corrected chi connectivity index (χ3v) is 5.96. The average Bonchev–Trinajstić information content (AvgIpc) is 3.49. The van der Waals surface area contributed by atoms with Crippen LogP contribution < -0.4 is 5.32 Å². The van der Waals surface area contributed by atoms with Crippen molar-refractivity contribution in [3.63, 3.8) is 0 Å². The normalized spacial score (nSPS) is 11.3. The van der Waals surface area contributed by atoms with Gasteiger partial charge < -0.3 is 10.3 Å². The molecule has 0 bridgehead atoms. The number of nitrogens with one attached hydrogen (secondary N) is 2. The first-order valence-electron chi connectivity index (χ1n) is 11.3. The monoisotopic (exact) mass is 450 g/mol. The summed E-state index contributed by atoms with van der Waals surface area (Å²) in [6, 6.07) is 17.9. The molecule has 0 fully saturated rings. The zero-order chi connectivity index (χ0) is 23.7. The number of carbonyl (C=O) groups is 1. The van der Waals surface area contributed by atoms with E-state index in [9.17, 15) is 4.79 Å². The number of fused-ring (bicyclic) bond motifs is 1. The van der Waals surface area contributed by atoms with Crippen LogP contribution in [0.1, 0.15) is 41.3 Å². The van der Waals surface area contributed by atoms with E-state index in [4.69, 9.17) is 0 Å². The fraction of sp³-hybridized carbons (Fsp3) is 0.185. The van der Waals surface area contributed by atoms with Crippen LogP contribution >= 0.6 is 0 Å². The second-order valence-corrected chi connectivity index (χ2v) is 8.73. The van der Waals surface area contributed by atoms with Gasteiger partial charge in [0.05, 0.1) is 17.6 Å². The summed E-state index contributed by atoms with van der Waals surface area (Å²) < 4.78 is 1.77. The maximum atomic E-state index is 12.5. The SMILES string of the molecule is CC(C)c1ccc(C(=O)NCc2ccc(-c3ncnc4[nH]c(-c5cnn(C)c5)cc34)cc2)cc1. The zero-order valence-corrected chi connectivity index (χ0v) is 19.4. The third kappa shape index (κ3) is 4.32. The van der Waals surface area contributed by atoms with Crippen LogP contribution in [0.4, 0.5) is 0 Å². The van der Waals surface area contributed by atoms with Gasteiger partial charge in [-0.3, -0.25) is 9.48 Å². The summed E-state index contributed by atoms with van der Waals surface area (Å²) in [7, 11) is 1.89. The number of hydrogen-bond donors (Lipinski definition) is 2. The second-order valence-electron chi connectivity index (χ2n) is 8.73. The van der Waals surface area contributed by atoms with Gasteiger partial charge in [-0.05, 0) is 35.2 Å². The van der Waals surface area contributed by atoms with E-state index in [1.54, 1.807) is 11.0 Å². The van der Waals surface area contributed by atoms with Gasteiger partial charge in [0.15, 0.2) is 0 Å². The molecule has 5 aromatic rings. The van der Waals surface area contributed by atoms with Crippen molar-refractivity contribution in [1.82, 2.24) is 30.0 Å². The Morgan fingerprint density at radius 1 is 1.03 bits per heavy atom. The van der Waals surface area contributed by atoms with Gasteiger partial charge in [0.25, 0.3) is 5.91 Å². The van der Waals surface area contributed by atoms with Crippen molar-refractivity contribution < 1.29 is 4.79 Å². The van der Waals surface area contributed by atoms with Gasteiger partial charge in [-0.15, -0.1) is 0 Å². The van der Waals surface area contributed by atoms with E-state index in [2.05, 4.69) is 45.3 Å². The molecule has 0 aliphatic carbocycles. The summed E-state index contributed by atoms with van der Waals surface area (Å²) in [5.74, 6) is 0.368. The van der Waals surface area contributed by atoms with Gasteiger partial charge in [0.2, 0.25) is 0 Å². The van der Waals surface area contributed by atoms with Crippen molar-refractivity contribution in [3.05, 3.63) is 90.0 Å². The minimum absolute atomic E-state index is 0.0767. The predicted octanol–water partition coefficient (Wildman–Crippen LogP) is 5.08. The van der Waals surface area contributed by atoms with Gasteiger partial charge in [-0.1, -0.05) is 50.2 Å². The molecule has 0 atom stereocenters. The minimum Gasteiger partial charge on any atom is -0.348 e. The number of nitrogens with zero attached hydrogens (tertiary/aromatic N) is 4. The molecule has 5 rings (SSSR count). The number of aromatic amines is 1. The molecular formula is C27H26N6O. The molecule has 7 heteroatoms. The first-order valence-corrected chi connectivity index (χ1v) is 11.3. The molecule has 170 valence electrons. The van der Waals surface area contributed by atoms with Crippen molar-refractivity contribution >= 4 is 16.9 Å². The standard InChI is InChI=1S/C27H26N6O/c1-17(2)19-8-10-21(11-9-19)27(34)28-13-18-4-6-20(7-5-18)25-23-12-24(22-14-31-33(3)15-22)32-26(23)30-16-29-25/h4-12,14-17H,13H2,1-3H3,(H,28,34)(H,29,30,32). The smallest absolute Gasteiger partial charge is 0.251 e. The number of carbonyl (C=O) groups excluding carboxylic acids is 1. The summed E-state index contributed by atoms with van der Waals surface area (Å²) in [6.45, 7) is 4.74. The molecule has 0 unspecified atom stereocenters. The van der Waals surface area contributed by atoms with Crippen LogP contribution in [-0.4, -0.2) is 30.6 Å². The van der Waals surface area contributed by atoms with Crippen LogP contribution in [0.3, 0.4) is 0 Å². The van der Waals surface area contributed by atoms with Crippen LogP contribution in [0.2, 0.25) is 0 Å². The topological polar surface area (TPSA) is 88.5 Å². The first kappa shape index (κ1) is 21.6. The Kier molecular flexibility index (Phi) is 5.67. The molecule has 0 spiro atoms. The number of aryl methyl sites for hydroxylation is 1. The van der Waals surface area contributed by atoms with Crippen LogP contribution in [0.25, 0.3) is 33.5 Å². The summed E-state index contributed by atoms with van der Waals surface area (Å²) >= 11 is 0. The van der Waals surface area contributed by atoms with Crippen LogP contribution in [0.5, 0.6) is 0 Å². The molecule has 0 radical (unpaired) electrons. The van der Waals surface area contributed by atoms with E-state index in [1.165, 1.54) is 5.56 Å². The van der Waals surface area contributed by atoms with E-state index in [1.807, 2.05) is 68.0 Å². The summed E-state index contributed by atoms with van der Waals surface area (Å²) in [5, 5.41) is 8.19. The largest absolute Gasteiger partial charge is 0.348 e. The van der Waals surface area contributed by atoms with Crippen molar-refractivity contribution in [2.45, 2.75) is 26.3 Å². The molecule has 3 aromatic heterocycles. The van der Waals surface area contributed by atoms with E-state index in [0.717, 1.165) is 39.1 Å². The molecule has 7 nitrogen and oxygen atoms in total. The lowest BCUT2D eigenvalue weighted by molar-refractivity contribution is 0.0951. The summed E-state index contributed by atoms with van der Waals surface area (Å²) in [6.07, 6.45) is 5.35. The number of aromatic nitrogens is 5. The van der Waals surface area contributed by atoms with Crippen LogP contribution in [0.15, 0.2) is 73.3 Å². The Balaban J connectivity index is 1.31. The molecule has 0 aliphatic heterocycles. The summed E-state index contributed by atoms with van der Waals surface area (Å²) in [5.41, 5.74) is 7.49. The van der Waals surface area contributed by atoms with Crippen molar-refractivity contribution in [1.29, 1.82) is 0 Å². The lowest BCUT2D eigenvalue weighted by atomic mass is 10.0. The second kappa shape index (κ2) is 8.94. The lowest BCUT2D eigenvalue weighted by Gasteiger charge is -2.09. The van der Waals surface area contributed by atoms with Gasteiger partial charge >= 0.3 is 0 Å². The fourth-order valence-electron chi connectivity index (χ4n) is 3.97. The van der Waals surface area contributed by atoms with Crippen molar-refractivity contribution in [2.75, 3.05) is 0 Å². The Hall–Kier alpha value is -4.26. The molecule has 3 heterocycles.